The van der Waals surface area contributed by atoms with E-state index in [2.05, 4.69) is 19.7 Å². The summed E-state index contributed by atoms with van der Waals surface area (Å²) in [6.07, 6.45) is 0.357. The van der Waals surface area contributed by atoms with Crippen LogP contribution in [0.5, 0.6) is 5.88 Å². The summed E-state index contributed by atoms with van der Waals surface area (Å²) in [6, 6.07) is 7.89. The Kier molecular flexibility index (Phi) is 9.03. The van der Waals surface area contributed by atoms with Gasteiger partial charge in [0.25, 0.3) is 15.7 Å². The van der Waals surface area contributed by atoms with Gasteiger partial charge in [0.15, 0.2) is 0 Å². The summed E-state index contributed by atoms with van der Waals surface area (Å²) < 4.78 is 40.2. The highest BCUT2D eigenvalue weighted by molar-refractivity contribution is 7.92. The molecule has 1 aliphatic rings. The van der Waals surface area contributed by atoms with Crippen LogP contribution in [0.25, 0.3) is 11.3 Å². The molecule has 1 aromatic carbocycles. The smallest absolute Gasteiger partial charge is 0.410 e. The van der Waals surface area contributed by atoms with Gasteiger partial charge in [-0.3, -0.25) is 19.9 Å². The highest BCUT2D eigenvalue weighted by Crippen LogP contribution is 2.31. The van der Waals surface area contributed by atoms with Crippen molar-refractivity contribution in [3.05, 3.63) is 64.0 Å². The van der Waals surface area contributed by atoms with Crippen LogP contribution in [-0.2, 0) is 19.6 Å². The molecule has 15 nitrogen and oxygen atoms in total. The molecule has 1 amide bonds. The van der Waals surface area contributed by atoms with Gasteiger partial charge in [0.2, 0.25) is 11.8 Å². The molecule has 234 valence electrons. The topological polar surface area (TPSA) is 204 Å². The number of anilines is 1. The van der Waals surface area contributed by atoms with Gasteiger partial charge in [-0.05, 0) is 45.7 Å². The van der Waals surface area contributed by atoms with Gasteiger partial charge in [0.1, 0.15) is 22.8 Å². The van der Waals surface area contributed by atoms with Crippen LogP contribution in [0.15, 0.2) is 47.6 Å². The van der Waals surface area contributed by atoms with E-state index in [4.69, 9.17) is 9.47 Å². The van der Waals surface area contributed by atoms with Crippen LogP contribution in [0.4, 0.5) is 16.4 Å². The number of piperidine rings is 1. The van der Waals surface area contributed by atoms with Crippen LogP contribution in [0, 0.1) is 29.9 Å². The van der Waals surface area contributed by atoms with Crippen LogP contribution in [0.1, 0.15) is 38.3 Å². The maximum Gasteiger partial charge on any atom is 0.410 e. The second-order valence-corrected chi connectivity index (χ2v) is 13.0. The number of aryl methyl sites for hydroxylation is 2. The molecule has 44 heavy (non-hydrogen) atoms. The third-order valence-corrected chi connectivity index (χ3v) is 7.88. The number of pyridine rings is 1. The number of nitrogens with zero attached hydrogens (tertiary/aromatic N) is 5. The Bertz CT molecular complexity index is 1690. The number of sulfonamides is 1. The fourth-order valence-corrected chi connectivity index (χ4v) is 5.60. The van der Waals surface area contributed by atoms with Gasteiger partial charge in [0, 0.05) is 36.9 Å². The number of nitrogens with one attached hydrogen (secondary N) is 1. The van der Waals surface area contributed by atoms with Crippen molar-refractivity contribution >= 4 is 33.7 Å². The predicted molar refractivity (Wildman–Crippen MR) is 157 cm³/mol. The molecule has 0 bridgehead atoms. The molecule has 1 fully saturated rings. The van der Waals surface area contributed by atoms with E-state index in [0.29, 0.717) is 11.3 Å². The number of rotatable bonds is 8. The van der Waals surface area contributed by atoms with Crippen molar-refractivity contribution in [3.63, 3.8) is 0 Å². The molecule has 3 heterocycles. The normalized spacial score (nSPS) is 17.1. The Balaban J connectivity index is 1.72. The zero-order valence-corrected chi connectivity index (χ0v) is 25.5. The number of carboxylic acid groups (broad SMARTS) is 1. The van der Waals surface area contributed by atoms with E-state index in [1.54, 1.807) is 20.8 Å². The SMILES string of the molecule is Cc1cccc(C)c1-c1cc(OC2CC(C(=O)O)CN(C(=O)OC(C)(C)C)C2)nc(NS(=O)(=O)c2cncc([N+](=O)[O-])c2)n1. The van der Waals surface area contributed by atoms with Crippen molar-refractivity contribution in [2.24, 2.45) is 5.92 Å². The maximum atomic E-state index is 13.2. The first-order valence-electron chi connectivity index (χ1n) is 13.5. The average Bonchev–Trinajstić information content (AvgIpc) is 2.91. The average molecular weight is 629 g/mol. The van der Waals surface area contributed by atoms with Crippen LogP contribution in [0.2, 0.25) is 0 Å². The number of carbonyl (C=O) groups excluding carboxylic acids is 1. The zero-order chi connectivity index (χ0) is 32.4. The van der Waals surface area contributed by atoms with Crippen LogP contribution < -0.4 is 9.46 Å². The molecule has 0 spiro atoms. The number of ether oxygens (including phenoxy) is 2. The summed E-state index contributed by atoms with van der Waals surface area (Å²) in [5.41, 5.74) is 1.30. The molecule has 0 aliphatic carbocycles. The van der Waals surface area contributed by atoms with Crippen molar-refractivity contribution in [1.82, 2.24) is 19.9 Å². The molecule has 2 atom stereocenters. The second-order valence-electron chi connectivity index (χ2n) is 11.3. The van der Waals surface area contributed by atoms with Gasteiger partial charge in [0.05, 0.1) is 23.1 Å². The minimum absolute atomic E-state index is 0.0121. The van der Waals surface area contributed by atoms with Gasteiger partial charge in [-0.1, -0.05) is 18.2 Å². The number of nitro groups is 1. The lowest BCUT2D eigenvalue weighted by molar-refractivity contribution is -0.385. The number of likely N-dealkylation sites (tertiary alicyclic amines) is 1. The largest absolute Gasteiger partial charge is 0.481 e. The Morgan fingerprint density at radius 3 is 2.41 bits per heavy atom. The van der Waals surface area contributed by atoms with Gasteiger partial charge in [-0.15, -0.1) is 0 Å². The van der Waals surface area contributed by atoms with Crippen molar-refractivity contribution in [1.29, 1.82) is 0 Å². The van der Waals surface area contributed by atoms with E-state index in [9.17, 15) is 33.2 Å². The third kappa shape index (κ3) is 7.75. The Hall–Kier alpha value is -4.86. The molecule has 4 rings (SSSR count). The Morgan fingerprint density at radius 2 is 1.80 bits per heavy atom. The highest BCUT2D eigenvalue weighted by atomic mass is 32.2. The third-order valence-electron chi connectivity index (χ3n) is 6.59. The number of carboxylic acids is 1. The minimum Gasteiger partial charge on any atom is -0.481 e. The van der Waals surface area contributed by atoms with Crippen molar-refractivity contribution in [2.45, 2.75) is 57.6 Å². The fourth-order valence-electron chi connectivity index (χ4n) is 4.67. The molecule has 1 aliphatic heterocycles. The molecule has 1 saturated heterocycles. The zero-order valence-electron chi connectivity index (χ0n) is 24.7. The summed E-state index contributed by atoms with van der Waals surface area (Å²) in [5.74, 6) is -2.57. The summed E-state index contributed by atoms with van der Waals surface area (Å²) in [5, 5.41) is 20.9. The van der Waals surface area contributed by atoms with E-state index >= 15 is 0 Å². The summed E-state index contributed by atoms with van der Waals surface area (Å²) in [4.78, 5) is 48.2. The van der Waals surface area contributed by atoms with Crippen LogP contribution in [0.3, 0.4) is 0 Å². The first-order valence-corrected chi connectivity index (χ1v) is 15.0. The Morgan fingerprint density at radius 1 is 1.11 bits per heavy atom. The van der Waals surface area contributed by atoms with E-state index in [1.807, 2.05) is 32.0 Å². The van der Waals surface area contributed by atoms with Crippen molar-refractivity contribution in [2.75, 3.05) is 17.8 Å². The van der Waals surface area contributed by atoms with Crippen molar-refractivity contribution < 1.29 is 37.5 Å². The molecule has 3 aromatic rings. The van der Waals surface area contributed by atoms with Gasteiger partial charge < -0.3 is 19.5 Å². The summed E-state index contributed by atoms with van der Waals surface area (Å²) >= 11 is 0. The van der Waals surface area contributed by atoms with Crippen LogP contribution >= 0.6 is 0 Å². The number of benzene rings is 1. The van der Waals surface area contributed by atoms with E-state index in [-0.39, 0.29) is 25.4 Å². The highest BCUT2D eigenvalue weighted by Gasteiger charge is 2.37. The van der Waals surface area contributed by atoms with Gasteiger partial charge in [-0.25, -0.2) is 22.9 Å². The Labute approximate surface area is 253 Å². The summed E-state index contributed by atoms with van der Waals surface area (Å²) in [7, 11) is -4.44. The first kappa shape index (κ1) is 32.1. The number of amides is 1. The molecular weight excluding hydrogens is 596 g/mol. The second kappa shape index (κ2) is 12.4. The fraction of sp³-hybridized carbons (Fsp3) is 0.393. The molecule has 0 radical (unpaired) electrons. The van der Waals surface area contributed by atoms with Gasteiger partial charge >= 0.3 is 12.1 Å². The molecule has 0 saturated carbocycles. The summed E-state index contributed by atoms with van der Waals surface area (Å²) in [6.45, 7) is 8.69. The minimum atomic E-state index is -4.44. The lowest BCUT2D eigenvalue weighted by Gasteiger charge is -2.36. The van der Waals surface area contributed by atoms with E-state index < -0.39 is 61.2 Å². The molecule has 16 heteroatoms. The molecule has 2 N–H and O–H groups in total. The lowest BCUT2D eigenvalue weighted by atomic mass is 9.96. The quantitative estimate of drug-likeness (QED) is 0.269. The maximum absolute atomic E-state index is 13.2. The number of aliphatic carboxylic acids is 1. The van der Waals surface area contributed by atoms with E-state index in [1.165, 1.54) is 11.0 Å². The molecule has 2 unspecified atom stereocenters. The molecule has 2 aromatic heterocycles. The number of hydrogen-bond acceptors (Lipinski definition) is 11. The van der Waals surface area contributed by atoms with E-state index in [0.717, 1.165) is 29.6 Å². The first-order chi connectivity index (χ1) is 20.5. The van der Waals surface area contributed by atoms with Crippen molar-refractivity contribution in [3.8, 4) is 17.1 Å². The molecular formula is C28H32N6O9S. The predicted octanol–water partition coefficient (Wildman–Crippen LogP) is 3.95. The number of carbonyl (C=O) groups is 2. The lowest BCUT2D eigenvalue weighted by Crippen LogP contribution is -2.51. The monoisotopic (exact) mass is 628 g/mol. The standard InChI is InChI=1S/C28H32N6O9S/c1-16-7-6-8-17(2)24(16)22-11-23(31-26(30-22)32-44(40,41)21-10-19(34(38)39)12-29-13-21)42-20-9-18(25(35)36)14-33(15-20)27(37)43-28(3,4)5/h6-8,10-13,18,20H,9,14-15H2,1-5H3,(H,35,36)(H,30,31,32). The number of hydrogen-bond donors (Lipinski definition) is 2. The van der Waals surface area contributed by atoms with Gasteiger partial charge in [-0.2, -0.15) is 4.98 Å². The van der Waals surface area contributed by atoms with Crippen LogP contribution in [-0.4, -0.2) is 75.2 Å². The number of aromatic nitrogens is 3.